The van der Waals surface area contributed by atoms with E-state index in [0.717, 1.165) is 11.9 Å². The molecule has 1 saturated heterocycles. The lowest BCUT2D eigenvalue weighted by molar-refractivity contribution is 0.0742. The molecule has 3 rings (SSSR count). The van der Waals surface area contributed by atoms with E-state index in [1.54, 1.807) is 17.0 Å². The number of benzene rings is 1. The molecular formula is C20H21FN4O2. The summed E-state index contributed by atoms with van der Waals surface area (Å²) in [4.78, 5) is 31.2. The molecule has 2 heterocycles. The normalized spacial score (nSPS) is 13.3. The number of nitriles is 1. The molecule has 0 aliphatic carbocycles. The first-order valence-corrected chi connectivity index (χ1v) is 8.77. The Balaban J connectivity index is 0.00000126. The lowest BCUT2D eigenvalue weighted by Crippen LogP contribution is -2.49. The number of pyridine rings is 1. The highest BCUT2D eigenvalue weighted by Crippen LogP contribution is 2.17. The van der Waals surface area contributed by atoms with Crippen LogP contribution in [0.5, 0.6) is 0 Å². The first-order valence-electron chi connectivity index (χ1n) is 8.77. The molecule has 6 nitrogen and oxygen atoms in total. The maximum atomic E-state index is 13.9. The molecule has 0 atom stereocenters. The van der Waals surface area contributed by atoms with Gasteiger partial charge in [-0.15, -0.1) is 0 Å². The van der Waals surface area contributed by atoms with Gasteiger partial charge in [-0.3, -0.25) is 9.59 Å². The molecule has 1 aliphatic heterocycles. The number of aromatic nitrogens is 1. The Hall–Kier alpha value is -3.27. The largest absolute Gasteiger partial charge is 0.353 e. The summed E-state index contributed by atoms with van der Waals surface area (Å²) in [5.41, 5.74) is 0.669. The topological polar surface area (TPSA) is 77.3 Å². The molecule has 1 amide bonds. The molecule has 0 radical (unpaired) electrons. The van der Waals surface area contributed by atoms with Gasteiger partial charge >= 0.3 is 0 Å². The van der Waals surface area contributed by atoms with Crippen molar-refractivity contribution in [2.75, 3.05) is 31.1 Å². The number of anilines is 1. The van der Waals surface area contributed by atoms with Gasteiger partial charge in [0.05, 0.1) is 11.1 Å². The second-order valence-electron chi connectivity index (χ2n) is 5.65. The molecule has 1 aromatic carbocycles. The highest BCUT2D eigenvalue weighted by Gasteiger charge is 2.24. The van der Waals surface area contributed by atoms with Crippen LogP contribution < -0.4 is 4.90 Å². The summed E-state index contributed by atoms with van der Waals surface area (Å²) in [5, 5.41) is 8.80. The zero-order valence-corrected chi connectivity index (χ0v) is 15.4. The molecule has 0 spiro atoms. The van der Waals surface area contributed by atoms with Crippen molar-refractivity contribution in [1.82, 2.24) is 9.88 Å². The van der Waals surface area contributed by atoms with Crippen LogP contribution >= 0.6 is 0 Å². The summed E-state index contributed by atoms with van der Waals surface area (Å²) in [7, 11) is 0. The monoisotopic (exact) mass is 368 g/mol. The minimum absolute atomic E-state index is 0.0884. The molecule has 0 bridgehead atoms. The summed E-state index contributed by atoms with van der Waals surface area (Å²) in [6.45, 7) is 5.95. The SMILES string of the molecule is CC.N#Cc1ccc(N2CCN(C(=O)c3cc(C=O)ccc3F)CC2)nc1. The number of rotatable bonds is 3. The van der Waals surface area contributed by atoms with Gasteiger partial charge in [0.2, 0.25) is 0 Å². The lowest BCUT2D eigenvalue weighted by atomic mass is 10.1. The van der Waals surface area contributed by atoms with Crippen LogP contribution in [-0.2, 0) is 0 Å². The van der Waals surface area contributed by atoms with Crippen LogP contribution in [-0.4, -0.2) is 48.3 Å². The molecule has 2 aromatic rings. The molecule has 27 heavy (non-hydrogen) atoms. The first-order chi connectivity index (χ1) is 13.1. The number of carbonyl (C=O) groups excluding carboxylic acids is 2. The zero-order chi connectivity index (χ0) is 19.8. The minimum Gasteiger partial charge on any atom is -0.353 e. The van der Waals surface area contributed by atoms with Crippen molar-refractivity contribution >= 4 is 18.0 Å². The van der Waals surface area contributed by atoms with Gasteiger partial charge in [0.1, 0.15) is 24.0 Å². The van der Waals surface area contributed by atoms with Gasteiger partial charge < -0.3 is 9.80 Å². The number of nitrogens with zero attached hydrogens (tertiary/aromatic N) is 4. The Morgan fingerprint density at radius 3 is 2.44 bits per heavy atom. The Bertz CT molecular complexity index is 838. The Morgan fingerprint density at radius 2 is 1.89 bits per heavy atom. The van der Waals surface area contributed by atoms with Crippen molar-refractivity contribution < 1.29 is 14.0 Å². The summed E-state index contributed by atoms with van der Waals surface area (Å²) in [6, 6.07) is 9.23. The predicted molar refractivity (Wildman–Crippen MR) is 100 cm³/mol. The first kappa shape index (κ1) is 20.0. The fraction of sp³-hybridized carbons (Fsp3) is 0.300. The molecule has 0 N–H and O–H groups in total. The van der Waals surface area contributed by atoms with E-state index < -0.39 is 11.7 Å². The number of halogens is 1. The molecule has 7 heteroatoms. The van der Waals surface area contributed by atoms with E-state index in [4.69, 9.17) is 5.26 Å². The number of piperazine rings is 1. The fourth-order valence-corrected chi connectivity index (χ4v) is 2.73. The summed E-state index contributed by atoms with van der Waals surface area (Å²) < 4.78 is 13.9. The maximum Gasteiger partial charge on any atom is 0.256 e. The smallest absolute Gasteiger partial charge is 0.256 e. The van der Waals surface area contributed by atoms with Gasteiger partial charge in [0.15, 0.2) is 0 Å². The second kappa shape index (κ2) is 9.43. The van der Waals surface area contributed by atoms with E-state index in [1.165, 1.54) is 18.3 Å². The maximum absolute atomic E-state index is 13.9. The van der Waals surface area contributed by atoms with Gasteiger partial charge in [0.25, 0.3) is 5.91 Å². The standard InChI is InChI=1S/C18H15FN4O2.C2H6/c19-16-3-1-13(12-24)9-15(16)18(25)23-7-5-22(6-8-23)17-4-2-14(10-20)11-21-17;1-2/h1-4,9,11-12H,5-8H2;1-2H3. The van der Waals surface area contributed by atoms with Crippen molar-refractivity contribution in [1.29, 1.82) is 5.26 Å². The van der Waals surface area contributed by atoms with Crippen LogP contribution in [0.15, 0.2) is 36.5 Å². The summed E-state index contributed by atoms with van der Waals surface area (Å²) in [6.07, 6.45) is 2.10. The number of carbonyl (C=O) groups is 2. The van der Waals surface area contributed by atoms with E-state index in [1.807, 2.05) is 24.8 Å². The average molecular weight is 368 g/mol. The third kappa shape index (κ3) is 4.67. The molecule has 0 unspecified atom stereocenters. The van der Waals surface area contributed by atoms with Crippen LogP contribution in [0.25, 0.3) is 0 Å². The van der Waals surface area contributed by atoms with Crippen LogP contribution in [0, 0.1) is 17.1 Å². The third-order valence-electron chi connectivity index (χ3n) is 4.12. The molecule has 140 valence electrons. The number of hydrogen-bond donors (Lipinski definition) is 0. The number of hydrogen-bond acceptors (Lipinski definition) is 5. The van der Waals surface area contributed by atoms with Crippen molar-refractivity contribution in [2.24, 2.45) is 0 Å². The lowest BCUT2D eigenvalue weighted by Gasteiger charge is -2.35. The van der Waals surface area contributed by atoms with Crippen molar-refractivity contribution in [2.45, 2.75) is 13.8 Å². The average Bonchev–Trinajstić information content (AvgIpc) is 2.75. The van der Waals surface area contributed by atoms with E-state index in [-0.39, 0.29) is 11.1 Å². The van der Waals surface area contributed by atoms with Crippen molar-refractivity contribution in [3.05, 3.63) is 59.0 Å². The summed E-state index contributed by atoms with van der Waals surface area (Å²) in [5.74, 6) is -0.319. The van der Waals surface area contributed by atoms with Gasteiger partial charge in [-0.2, -0.15) is 5.26 Å². The molecular weight excluding hydrogens is 347 g/mol. The van der Waals surface area contributed by atoms with Crippen molar-refractivity contribution in [3.8, 4) is 6.07 Å². The number of amides is 1. The van der Waals surface area contributed by atoms with Crippen LogP contribution in [0.4, 0.5) is 10.2 Å². The predicted octanol–water partition coefficient (Wildman–Crippen LogP) is 2.89. The van der Waals surface area contributed by atoms with Gasteiger partial charge in [0, 0.05) is 37.9 Å². The third-order valence-corrected chi connectivity index (χ3v) is 4.12. The van der Waals surface area contributed by atoms with Crippen LogP contribution in [0.3, 0.4) is 0 Å². The molecule has 1 aliphatic rings. The quantitative estimate of drug-likeness (QED) is 0.779. The zero-order valence-electron chi connectivity index (χ0n) is 15.4. The van der Waals surface area contributed by atoms with Crippen LogP contribution in [0.1, 0.15) is 40.1 Å². The highest BCUT2D eigenvalue weighted by atomic mass is 19.1. The van der Waals surface area contributed by atoms with E-state index in [9.17, 15) is 14.0 Å². The van der Waals surface area contributed by atoms with E-state index in [0.29, 0.717) is 38.0 Å². The van der Waals surface area contributed by atoms with Crippen LogP contribution in [0.2, 0.25) is 0 Å². The Labute approximate surface area is 157 Å². The highest BCUT2D eigenvalue weighted by molar-refractivity contribution is 5.96. The molecule has 1 fully saturated rings. The Kier molecular flexibility index (Phi) is 7.00. The van der Waals surface area contributed by atoms with Crippen molar-refractivity contribution in [3.63, 3.8) is 0 Å². The Morgan fingerprint density at radius 1 is 1.19 bits per heavy atom. The fourth-order valence-electron chi connectivity index (χ4n) is 2.73. The molecule has 1 aromatic heterocycles. The molecule has 0 saturated carbocycles. The van der Waals surface area contributed by atoms with Gasteiger partial charge in [-0.1, -0.05) is 13.8 Å². The second-order valence-corrected chi connectivity index (χ2v) is 5.65. The van der Waals surface area contributed by atoms with Gasteiger partial charge in [-0.25, -0.2) is 9.37 Å². The van der Waals surface area contributed by atoms with E-state index >= 15 is 0 Å². The number of aldehydes is 1. The van der Waals surface area contributed by atoms with E-state index in [2.05, 4.69) is 4.98 Å². The minimum atomic E-state index is -0.633. The van der Waals surface area contributed by atoms with Gasteiger partial charge in [-0.05, 0) is 30.3 Å². The summed E-state index contributed by atoms with van der Waals surface area (Å²) >= 11 is 0.